The minimum Gasteiger partial charge on any atom is -0.479 e. The number of halogens is 1. The summed E-state index contributed by atoms with van der Waals surface area (Å²) in [7, 11) is 2.97. The normalized spacial score (nSPS) is 11.6. The van der Waals surface area contributed by atoms with E-state index in [2.05, 4.69) is 15.9 Å². The van der Waals surface area contributed by atoms with Crippen molar-refractivity contribution in [2.75, 3.05) is 7.11 Å². The average Bonchev–Trinajstić information content (AvgIpc) is 2.89. The van der Waals surface area contributed by atoms with E-state index in [0.29, 0.717) is 34.2 Å². The Bertz CT molecular complexity index is 870. The van der Waals surface area contributed by atoms with Crippen LogP contribution in [0.3, 0.4) is 0 Å². The molecule has 0 N–H and O–H groups in total. The van der Waals surface area contributed by atoms with Crippen LogP contribution in [-0.2, 0) is 23.0 Å². The molecule has 0 unspecified atom stereocenters. The van der Waals surface area contributed by atoms with Crippen LogP contribution in [0.5, 0.6) is 17.4 Å². The highest BCUT2D eigenvalue weighted by Gasteiger charge is 2.21. The molecule has 1 atom stereocenters. The van der Waals surface area contributed by atoms with Gasteiger partial charge in [-0.2, -0.15) is 10.4 Å². The molecule has 138 valence electrons. The van der Waals surface area contributed by atoms with Crippen LogP contribution in [0.15, 0.2) is 12.1 Å². The maximum absolute atomic E-state index is 11.6. The van der Waals surface area contributed by atoms with Crippen molar-refractivity contribution < 1.29 is 19.0 Å². The summed E-state index contributed by atoms with van der Waals surface area (Å²) >= 11 is 6.33. The minimum atomic E-state index is -0.784. The largest absolute Gasteiger partial charge is 0.479 e. The zero-order valence-corrected chi connectivity index (χ0v) is 16.0. The fraction of sp³-hybridized carbons (Fsp3) is 0.389. The van der Waals surface area contributed by atoms with E-state index >= 15 is 0 Å². The van der Waals surface area contributed by atoms with Gasteiger partial charge in [-0.25, -0.2) is 9.48 Å². The van der Waals surface area contributed by atoms with Gasteiger partial charge >= 0.3 is 5.97 Å². The van der Waals surface area contributed by atoms with Gasteiger partial charge in [0, 0.05) is 13.1 Å². The van der Waals surface area contributed by atoms with Gasteiger partial charge in [0.2, 0.25) is 5.88 Å². The average molecular weight is 378 g/mol. The molecule has 0 saturated carbocycles. The van der Waals surface area contributed by atoms with E-state index in [1.807, 2.05) is 6.92 Å². The summed E-state index contributed by atoms with van der Waals surface area (Å²) in [5.74, 6) is 0.555. The molecule has 7 nitrogen and oxygen atoms in total. The van der Waals surface area contributed by atoms with Crippen molar-refractivity contribution in [3.8, 4) is 23.4 Å². The number of esters is 1. The summed E-state index contributed by atoms with van der Waals surface area (Å²) in [6, 6.07) is 5.39. The van der Waals surface area contributed by atoms with E-state index in [4.69, 9.17) is 21.1 Å². The third-order valence-corrected chi connectivity index (χ3v) is 4.12. The van der Waals surface area contributed by atoms with Gasteiger partial charge in [0.25, 0.3) is 0 Å². The molecule has 1 heterocycles. The lowest BCUT2D eigenvalue weighted by molar-refractivity contribution is -0.147. The summed E-state index contributed by atoms with van der Waals surface area (Å²) in [5.41, 5.74) is 1.70. The van der Waals surface area contributed by atoms with E-state index in [0.717, 1.165) is 5.56 Å². The van der Waals surface area contributed by atoms with Crippen LogP contribution in [0.25, 0.3) is 0 Å². The number of aryl methyl sites for hydroxylation is 3. The molecule has 0 aliphatic carbocycles. The number of nitriles is 1. The number of hydrogen-bond donors (Lipinski definition) is 0. The number of ether oxygens (including phenoxy) is 3. The van der Waals surface area contributed by atoms with E-state index in [9.17, 15) is 10.1 Å². The predicted octanol–water partition coefficient (Wildman–Crippen LogP) is 3.55. The molecule has 0 fully saturated rings. The van der Waals surface area contributed by atoms with Crippen LogP contribution < -0.4 is 9.47 Å². The molecule has 0 radical (unpaired) electrons. The molecule has 0 aliphatic rings. The highest BCUT2D eigenvalue weighted by atomic mass is 35.5. The summed E-state index contributed by atoms with van der Waals surface area (Å²) in [6.45, 7) is 5.26. The third-order valence-electron chi connectivity index (χ3n) is 3.82. The Morgan fingerprint density at radius 2 is 2.12 bits per heavy atom. The van der Waals surface area contributed by atoms with Crippen molar-refractivity contribution in [3.63, 3.8) is 0 Å². The second kappa shape index (κ2) is 8.11. The molecule has 0 aliphatic heterocycles. The van der Waals surface area contributed by atoms with E-state index in [1.54, 1.807) is 33.0 Å². The van der Waals surface area contributed by atoms with Crippen molar-refractivity contribution in [3.05, 3.63) is 34.0 Å². The Kier molecular flexibility index (Phi) is 6.11. The first kappa shape index (κ1) is 19.6. The third kappa shape index (κ3) is 3.92. The highest BCUT2D eigenvalue weighted by Crippen LogP contribution is 2.37. The first-order valence-corrected chi connectivity index (χ1v) is 8.38. The summed E-state index contributed by atoms with van der Waals surface area (Å²) in [5, 5.41) is 13.9. The monoisotopic (exact) mass is 377 g/mol. The topological polar surface area (TPSA) is 86.4 Å². The van der Waals surface area contributed by atoms with E-state index < -0.39 is 12.1 Å². The van der Waals surface area contributed by atoms with Crippen molar-refractivity contribution >= 4 is 17.6 Å². The Labute approximate surface area is 157 Å². The molecule has 8 heteroatoms. The lowest BCUT2D eigenvalue weighted by Crippen LogP contribution is -2.25. The molecular formula is C18H20ClN3O4. The maximum Gasteiger partial charge on any atom is 0.346 e. The zero-order valence-electron chi connectivity index (χ0n) is 15.3. The van der Waals surface area contributed by atoms with Crippen LogP contribution in [0.4, 0.5) is 0 Å². The molecule has 1 aromatic heterocycles. The number of rotatable bonds is 6. The molecule has 0 spiro atoms. The quantitative estimate of drug-likeness (QED) is 0.715. The van der Waals surface area contributed by atoms with Crippen LogP contribution in [0, 0.1) is 18.3 Å². The number of benzene rings is 1. The molecule has 1 aromatic carbocycles. The number of carbonyl (C=O) groups is 1. The Morgan fingerprint density at radius 1 is 1.42 bits per heavy atom. The summed E-state index contributed by atoms with van der Waals surface area (Å²) in [6.07, 6.45) is -0.134. The second-order valence-corrected chi connectivity index (χ2v) is 6.04. The molecule has 0 bridgehead atoms. The highest BCUT2D eigenvalue weighted by molar-refractivity contribution is 6.32. The Balaban J connectivity index is 2.43. The number of aromatic nitrogens is 2. The molecule has 26 heavy (non-hydrogen) atoms. The zero-order chi connectivity index (χ0) is 19.4. The second-order valence-electron chi connectivity index (χ2n) is 5.63. The van der Waals surface area contributed by atoms with Crippen molar-refractivity contribution in [1.82, 2.24) is 9.78 Å². The number of hydrogen-bond acceptors (Lipinski definition) is 6. The van der Waals surface area contributed by atoms with Gasteiger partial charge < -0.3 is 14.2 Å². The summed E-state index contributed by atoms with van der Waals surface area (Å²) < 4.78 is 17.7. The van der Waals surface area contributed by atoms with E-state index in [1.165, 1.54) is 11.8 Å². The first-order valence-electron chi connectivity index (χ1n) is 8.00. The fourth-order valence-corrected chi connectivity index (χ4v) is 2.66. The van der Waals surface area contributed by atoms with Gasteiger partial charge in [-0.15, -0.1) is 0 Å². The van der Waals surface area contributed by atoms with Gasteiger partial charge in [0.1, 0.15) is 17.4 Å². The van der Waals surface area contributed by atoms with Gasteiger partial charge in [0.15, 0.2) is 11.9 Å². The minimum absolute atomic E-state index is 0.281. The van der Waals surface area contributed by atoms with Gasteiger partial charge in [0.05, 0.1) is 17.8 Å². The first-order chi connectivity index (χ1) is 12.3. The van der Waals surface area contributed by atoms with Crippen LogP contribution >= 0.6 is 11.6 Å². The molecular weight excluding hydrogens is 358 g/mol. The smallest absolute Gasteiger partial charge is 0.346 e. The van der Waals surface area contributed by atoms with Crippen LogP contribution in [0.1, 0.15) is 30.7 Å². The molecule has 0 saturated heterocycles. The standard InChI is InChI=1S/C18H20ClN3O4/c1-6-12-7-14(19)16(8-15(12)25-11(3)18(23)24-5)26-17-13(9-20)10(2)21-22(17)4/h7-8,11H,6H2,1-5H3/t11-/m0/s1. The lowest BCUT2D eigenvalue weighted by atomic mass is 10.1. The molecule has 0 amide bonds. The van der Waals surface area contributed by atoms with Gasteiger partial charge in [-0.3, -0.25) is 0 Å². The van der Waals surface area contributed by atoms with Crippen molar-refractivity contribution in [2.45, 2.75) is 33.3 Å². The number of methoxy groups -OCH3 is 1. The SMILES string of the molecule is CCc1cc(Cl)c(Oc2c(C#N)c(C)nn2C)cc1O[C@@H](C)C(=O)OC. The fourth-order valence-electron chi connectivity index (χ4n) is 2.43. The van der Waals surface area contributed by atoms with Crippen molar-refractivity contribution in [1.29, 1.82) is 5.26 Å². The van der Waals surface area contributed by atoms with Crippen molar-refractivity contribution in [2.24, 2.45) is 7.05 Å². The Hall–Kier alpha value is -2.72. The number of nitrogens with zero attached hydrogens (tertiary/aromatic N) is 3. The molecule has 2 aromatic rings. The Morgan fingerprint density at radius 3 is 2.69 bits per heavy atom. The van der Waals surface area contributed by atoms with Crippen LogP contribution in [-0.4, -0.2) is 29.0 Å². The predicted molar refractivity (Wildman–Crippen MR) is 95.7 cm³/mol. The maximum atomic E-state index is 11.6. The molecule has 2 rings (SSSR count). The van der Waals surface area contributed by atoms with Gasteiger partial charge in [-0.1, -0.05) is 18.5 Å². The van der Waals surface area contributed by atoms with E-state index in [-0.39, 0.29) is 5.88 Å². The van der Waals surface area contributed by atoms with Crippen LogP contribution in [0.2, 0.25) is 5.02 Å². The summed E-state index contributed by atoms with van der Waals surface area (Å²) in [4.78, 5) is 11.6. The van der Waals surface area contributed by atoms with Gasteiger partial charge in [-0.05, 0) is 31.9 Å². The lowest BCUT2D eigenvalue weighted by Gasteiger charge is -2.17. The number of carbonyl (C=O) groups excluding carboxylic acids is 1.